The van der Waals surface area contributed by atoms with Crippen molar-refractivity contribution < 1.29 is 9.53 Å². The van der Waals surface area contributed by atoms with Gasteiger partial charge in [-0.1, -0.05) is 11.6 Å². The summed E-state index contributed by atoms with van der Waals surface area (Å²) in [5, 5.41) is 6.77. The molecule has 1 aliphatic heterocycles. The zero-order valence-corrected chi connectivity index (χ0v) is 13.6. The number of halogens is 2. The van der Waals surface area contributed by atoms with Crippen molar-refractivity contribution >= 4 is 29.9 Å². The van der Waals surface area contributed by atoms with Crippen LogP contribution in [0.1, 0.15) is 10.4 Å². The quantitative estimate of drug-likeness (QED) is 0.855. The molecule has 0 aliphatic carbocycles. The molecule has 0 aromatic heterocycles. The molecule has 0 radical (unpaired) electrons. The molecule has 0 spiro atoms. The molecule has 1 aliphatic rings. The van der Waals surface area contributed by atoms with Gasteiger partial charge >= 0.3 is 0 Å². The van der Waals surface area contributed by atoms with Crippen LogP contribution in [0.3, 0.4) is 0 Å². The van der Waals surface area contributed by atoms with Gasteiger partial charge in [-0.15, -0.1) is 12.4 Å². The lowest BCUT2D eigenvalue weighted by atomic mass is 10.2. The van der Waals surface area contributed by atoms with E-state index < -0.39 is 0 Å². The SMILES string of the molecule is COc1cc(Cl)ccc1C(=O)NCCN1CCNCC1.Cl. The Balaban J connectivity index is 0.00000220. The van der Waals surface area contributed by atoms with E-state index in [9.17, 15) is 4.79 Å². The summed E-state index contributed by atoms with van der Waals surface area (Å²) in [5.41, 5.74) is 0.511. The van der Waals surface area contributed by atoms with Crippen LogP contribution in [0.2, 0.25) is 5.02 Å². The number of hydrogen-bond acceptors (Lipinski definition) is 4. The van der Waals surface area contributed by atoms with Gasteiger partial charge in [0.05, 0.1) is 12.7 Å². The van der Waals surface area contributed by atoms with Crippen molar-refractivity contribution in [2.75, 3.05) is 46.4 Å². The Morgan fingerprint density at radius 1 is 1.43 bits per heavy atom. The molecule has 21 heavy (non-hydrogen) atoms. The van der Waals surface area contributed by atoms with E-state index in [1.54, 1.807) is 18.2 Å². The maximum atomic E-state index is 12.1. The van der Waals surface area contributed by atoms with Crippen LogP contribution in [0.5, 0.6) is 5.75 Å². The van der Waals surface area contributed by atoms with Crippen molar-refractivity contribution in [1.29, 1.82) is 0 Å². The van der Waals surface area contributed by atoms with Gasteiger partial charge in [0, 0.05) is 44.3 Å². The Bertz CT molecular complexity index is 466. The molecule has 1 saturated heterocycles. The largest absolute Gasteiger partial charge is 0.496 e. The van der Waals surface area contributed by atoms with Crippen molar-refractivity contribution in [2.24, 2.45) is 0 Å². The van der Waals surface area contributed by atoms with E-state index in [2.05, 4.69) is 15.5 Å². The first-order valence-electron chi connectivity index (χ1n) is 6.75. The highest BCUT2D eigenvalue weighted by Gasteiger charge is 2.13. The second-order valence-corrected chi connectivity index (χ2v) is 5.13. The Hall–Kier alpha value is -1.01. The maximum Gasteiger partial charge on any atom is 0.255 e. The number of nitrogens with one attached hydrogen (secondary N) is 2. The average Bonchev–Trinajstić information content (AvgIpc) is 2.48. The predicted molar refractivity (Wildman–Crippen MR) is 86.9 cm³/mol. The van der Waals surface area contributed by atoms with E-state index in [0.29, 0.717) is 22.9 Å². The molecular formula is C14H21Cl2N3O2. The maximum absolute atomic E-state index is 12.1. The molecular weight excluding hydrogens is 313 g/mol. The second-order valence-electron chi connectivity index (χ2n) is 4.69. The third-order valence-corrected chi connectivity index (χ3v) is 3.57. The molecule has 1 aromatic carbocycles. The Morgan fingerprint density at radius 2 is 2.14 bits per heavy atom. The Morgan fingerprint density at radius 3 is 2.81 bits per heavy atom. The standard InChI is InChI=1S/C14H20ClN3O2.ClH/c1-20-13-10-11(15)2-3-12(13)14(19)17-6-9-18-7-4-16-5-8-18;/h2-3,10,16H,4-9H2,1H3,(H,17,19);1H. The number of nitrogens with zero attached hydrogens (tertiary/aromatic N) is 1. The summed E-state index contributed by atoms with van der Waals surface area (Å²) < 4.78 is 5.18. The number of carbonyl (C=O) groups is 1. The van der Waals surface area contributed by atoms with Gasteiger partial charge in [0.25, 0.3) is 5.91 Å². The van der Waals surface area contributed by atoms with E-state index >= 15 is 0 Å². The van der Waals surface area contributed by atoms with E-state index in [1.165, 1.54) is 7.11 Å². The number of amides is 1. The summed E-state index contributed by atoms with van der Waals surface area (Å²) >= 11 is 5.88. The van der Waals surface area contributed by atoms with Gasteiger partial charge in [-0.2, -0.15) is 0 Å². The van der Waals surface area contributed by atoms with Crippen LogP contribution < -0.4 is 15.4 Å². The van der Waals surface area contributed by atoms with Crippen LogP contribution in [-0.2, 0) is 0 Å². The number of benzene rings is 1. The molecule has 118 valence electrons. The minimum atomic E-state index is -0.131. The molecule has 0 atom stereocenters. The lowest BCUT2D eigenvalue weighted by Gasteiger charge is -2.27. The van der Waals surface area contributed by atoms with Crippen molar-refractivity contribution in [3.8, 4) is 5.75 Å². The molecule has 1 fully saturated rings. The van der Waals surface area contributed by atoms with Crippen LogP contribution in [-0.4, -0.2) is 57.2 Å². The van der Waals surface area contributed by atoms with Crippen molar-refractivity contribution in [2.45, 2.75) is 0 Å². The molecule has 5 nitrogen and oxygen atoms in total. The van der Waals surface area contributed by atoms with Crippen LogP contribution in [0.15, 0.2) is 18.2 Å². The number of rotatable bonds is 5. The Labute approximate surface area is 136 Å². The highest BCUT2D eigenvalue weighted by molar-refractivity contribution is 6.30. The summed E-state index contributed by atoms with van der Waals surface area (Å²) in [6, 6.07) is 5.02. The van der Waals surface area contributed by atoms with E-state index in [-0.39, 0.29) is 18.3 Å². The first kappa shape index (κ1) is 18.0. The lowest BCUT2D eigenvalue weighted by Crippen LogP contribution is -2.46. The molecule has 2 rings (SSSR count). The van der Waals surface area contributed by atoms with Gasteiger partial charge in [0.1, 0.15) is 5.75 Å². The van der Waals surface area contributed by atoms with Crippen LogP contribution in [0, 0.1) is 0 Å². The first-order chi connectivity index (χ1) is 9.70. The van der Waals surface area contributed by atoms with Gasteiger partial charge in [-0.25, -0.2) is 0 Å². The van der Waals surface area contributed by atoms with Crippen molar-refractivity contribution in [3.05, 3.63) is 28.8 Å². The molecule has 1 amide bonds. The van der Waals surface area contributed by atoms with Gasteiger partial charge in [0.15, 0.2) is 0 Å². The number of methoxy groups -OCH3 is 1. The monoisotopic (exact) mass is 333 g/mol. The van der Waals surface area contributed by atoms with Gasteiger partial charge < -0.3 is 15.4 Å². The van der Waals surface area contributed by atoms with Gasteiger partial charge in [0.2, 0.25) is 0 Å². The molecule has 7 heteroatoms. The third-order valence-electron chi connectivity index (χ3n) is 3.33. The number of ether oxygens (including phenoxy) is 1. The molecule has 2 N–H and O–H groups in total. The minimum absolute atomic E-state index is 0. The fourth-order valence-corrected chi connectivity index (χ4v) is 2.37. The smallest absolute Gasteiger partial charge is 0.255 e. The fraction of sp³-hybridized carbons (Fsp3) is 0.500. The molecule has 0 bridgehead atoms. The van der Waals surface area contributed by atoms with E-state index in [0.717, 1.165) is 32.7 Å². The van der Waals surface area contributed by atoms with Gasteiger partial charge in [-0.05, 0) is 18.2 Å². The summed E-state index contributed by atoms with van der Waals surface area (Å²) in [4.78, 5) is 14.4. The molecule has 1 aromatic rings. The fourth-order valence-electron chi connectivity index (χ4n) is 2.21. The lowest BCUT2D eigenvalue weighted by molar-refractivity contribution is 0.0944. The highest BCUT2D eigenvalue weighted by Crippen LogP contribution is 2.22. The molecule has 0 unspecified atom stereocenters. The van der Waals surface area contributed by atoms with Crippen LogP contribution in [0.4, 0.5) is 0 Å². The second kappa shape index (κ2) is 9.10. The topological polar surface area (TPSA) is 53.6 Å². The Kier molecular flexibility index (Phi) is 7.82. The normalized spacial score (nSPS) is 15.1. The predicted octanol–water partition coefficient (Wildman–Crippen LogP) is 1.41. The first-order valence-corrected chi connectivity index (χ1v) is 7.13. The zero-order valence-electron chi connectivity index (χ0n) is 12.0. The number of carbonyl (C=O) groups excluding carboxylic acids is 1. The van der Waals surface area contributed by atoms with Gasteiger partial charge in [-0.3, -0.25) is 9.69 Å². The minimum Gasteiger partial charge on any atom is -0.496 e. The summed E-state index contributed by atoms with van der Waals surface area (Å²) in [5.74, 6) is 0.367. The van der Waals surface area contributed by atoms with Crippen molar-refractivity contribution in [1.82, 2.24) is 15.5 Å². The van der Waals surface area contributed by atoms with E-state index in [1.807, 2.05) is 0 Å². The van der Waals surface area contributed by atoms with Crippen molar-refractivity contribution in [3.63, 3.8) is 0 Å². The third kappa shape index (κ3) is 5.36. The van der Waals surface area contributed by atoms with Crippen LogP contribution in [0.25, 0.3) is 0 Å². The zero-order chi connectivity index (χ0) is 14.4. The van der Waals surface area contributed by atoms with Crippen LogP contribution >= 0.6 is 24.0 Å². The summed E-state index contributed by atoms with van der Waals surface area (Å²) in [6.07, 6.45) is 0. The molecule has 0 saturated carbocycles. The highest BCUT2D eigenvalue weighted by atomic mass is 35.5. The summed E-state index contributed by atoms with van der Waals surface area (Å²) in [7, 11) is 1.53. The van der Waals surface area contributed by atoms with E-state index in [4.69, 9.17) is 16.3 Å². The molecule has 1 heterocycles. The summed E-state index contributed by atoms with van der Waals surface area (Å²) in [6.45, 7) is 5.58. The number of hydrogen-bond donors (Lipinski definition) is 2. The number of piperazine rings is 1. The average molecular weight is 334 g/mol.